The zero-order valence-corrected chi connectivity index (χ0v) is 29.8. The summed E-state index contributed by atoms with van der Waals surface area (Å²) in [5, 5.41) is 12.4. The Labute approximate surface area is 289 Å². The molecule has 2 atom stereocenters. The van der Waals surface area contributed by atoms with E-state index in [4.69, 9.17) is 15.7 Å². The monoisotopic (exact) mass is 791 g/mol. The molecule has 14 heteroatoms. The third kappa shape index (κ3) is 9.28. The maximum atomic E-state index is 13.8. The van der Waals surface area contributed by atoms with Crippen LogP contribution in [0.2, 0.25) is 0 Å². The smallest absolute Gasteiger partial charge is 0.294 e. The van der Waals surface area contributed by atoms with Gasteiger partial charge in [0.15, 0.2) is 5.96 Å². The van der Waals surface area contributed by atoms with E-state index in [9.17, 15) is 21.6 Å². The number of hydrogen-bond donors (Lipinski definition) is 5. The summed E-state index contributed by atoms with van der Waals surface area (Å²) in [6, 6.07) is 25.6. The third-order valence-corrected chi connectivity index (χ3v) is 11.1. The first-order valence-electron chi connectivity index (χ1n) is 14.8. The number of rotatable bonds is 8. The number of fused-ring (bicyclic) bond motifs is 1. The second kappa shape index (κ2) is 15.1. The van der Waals surface area contributed by atoms with E-state index in [0.717, 1.165) is 39.3 Å². The molecule has 11 nitrogen and oxygen atoms in total. The summed E-state index contributed by atoms with van der Waals surface area (Å²) >= 11 is 2.12. The molecule has 4 aromatic carbocycles. The number of likely N-dealkylation sites (tertiary alicyclic amines) is 1. The summed E-state index contributed by atoms with van der Waals surface area (Å²) in [5.41, 5.74) is 5.62. The van der Waals surface area contributed by atoms with Crippen molar-refractivity contribution < 1.29 is 26.2 Å². The van der Waals surface area contributed by atoms with Crippen LogP contribution in [0.5, 0.6) is 0 Å². The van der Waals surface area contributed by atoms with Crippen LogP contribution in [0.15, 0.2) is 101 Å². The van der Waals surface area contributed by atoms with Crippen LogP contribution in [0, 0.1) is 21.8 Å². The number of amides is 1. The van der Waals surface area contributed by atoms with Gasteiger partial charge in [0.2, 0.25) is 15.9 Å². The first kappa shape index (κ1) is 36.3. The molecule has 1 saturated heterocycles. The topological polar surface area (TPSA) is 183 Å². The fourth-order valence-electron chi connectivity index (χ4n) is 5.40. The largest absolute Gasteiger partial charge is 0.370 e. The predicted octanol–water partition coefficient (Wildman–Crippen LogP) is 4.60. The number of aryl methyl sites for hydroxylation is 1. The molecule has 6 N–H and O–H groups in total. The molecule has 1 amide bonds. The number of nitrogens with zero attached hydrogens (tertiary/aromatic N) is 1. The Bertz CT molecular complexity index is 1950. The normalized spacial score (nSPS) is 16.4. The predicted molar refractivity (Wildman–Crippen MR) is 191 cm³/mol. The lowest BCUT2D eigenvalue weighted by Crippen LogP contribution is -2.55. The van der Waals surface area contributed by atoms with E-state index in [-0.39, 0.29) is 21.7 Å². The van der Waals surface area contributed by atoms with Gasteiger partial charge in [0.05, 0.1) is 9.79 Å². The molecule has 5 rings (SSSR count). The fraction of sp³-hybridized carbons (Fsp3) is 0.273. The molecule has 47 heavy (non-hydrogen) atoms. The zero-order chi connectivity index (χ0) is 34.4. The van der Waals surface area contributed by atoms with Crippen molar-refractivity contribution in [2.75, 3.05) is 19.6 Å². The van der Waals surface area contributed by atoms with E-state index in [2.05, 4.69) is 32.6 Å². The van der Waals surface area contributed by atoms with Gasteiger partial charge in [0.25, 0.3) is 10.1 Å². The first-order valence-corrected chi connectivity index (χ1v) is 18.8. The number of guanidine groups is 1. The Kier molecular flexibility index (Phi) is 11.7. The van der Waals surface area contributed by atoms with E-state index in [1.165, 1.54) is 24.3 Å². The van der Waals surface area contributed by atoms with Gasteiger partial charge in [-0.1, -0.05) is 60.2 Å². The minimum atomic E-state index is -4.03. The van der Waals surface area contributed by atoms with Gasteiger partial charge in [-0.15, -0.1) is 0 Å². The first-order chi connectivity index (χ1) is 22.1. The highest BCUT2D eigenvalue weighted by Crippen LogP contribution is 2.31. The Morgan fingerprint density at radius 2 is 1.60 bits per heavy atom. The minimum absolute atomic E-state index is 0.0249. The molecule has 250 valence electrons. The highest BCUT2D eigenvalue weighted by molar-refractivity contribution is 14.1. The Hall–Kier alpha value is -3.57. The molecule has 1 fully saturated rings. The molecule has 0 radical (unpaired) electrons. The van der Waals surface area contributed by atoms with Crippen molar-refractivity contribution >= 4 is 65.4 Å². The van der Waals surface area contributed by atoms with Crippen LogP contribution in [0.4, 0.5) is 0 Å². The number of sulfonamides is 1. The van der Waals surface area contributed by atoms with Gasteiger partial charge in [0, 0.05) is 23.2 Å². The third-order valence-electron chi connectivity index (χ3n) is 7.97. The maximum absolute atomic E-state index is 13.8. The van der Waals surface area contributed by atoms with Crippen LogP contribution in [0.25, 0.3) is 10.8 Å². The lowest BCUT2D eigenvalue weighted by Gasteiger charge is -2.35. The molecule has 0 aliphatic carbocycles. The van der Waals surface area contributed by atoms with E-state index < -0.39 is 31.6 Å². The molecule has 4 aromatic rings. The maximum Gasteiger partial charge on any atom is 0.294 e. The molecular formula is C33H38IN5O6S2. The van der Waals surface area contributed by atoms with E-state index in [0.29, 0.717) is 18.7 Å². The average Bonchev–Trinajstić information content (AvgIpc) is 3.03. The fourth-order valence-corrected chi connectivity index (χ4v) is 7.59. The van der Waals surface area contributed by atoms with Crippen LogP contribution in [0.3, 0.4) is 0 Å². The van der Waals surface area contributed by atoms with Crippen LogP contribution < -0.4 is 15.8 Å². The Morgan fingerprint density at radius 1 is 0.979 bits per heavy atom. The van der Waals surface area contributed by atoms with E-state index in [1.54, 1.807) is 42.2 Å². The van der Waals surface area contributed by atoms with Crippen LogP contribution in [-0.4, -0.2) is 57.8 Å². The van der Waals surface area contributed by atoms with Crippen molar-refractivity contribution in [1.29, 1.82) is 5.41 Å². The van der Waals surface area contributed by atoms with Crippen molar-refractivity contribution in [2.45, 2.75) is 42.0 Å². The van der Waals surface area contributed by atoms with Crippen molar-refractivity contribution in [2.24, 2.45) is 11.7 Å². The van der Waals surface area contributed by atoms with Gasteiger partial charge in [-0.25, -0.2) is 8.42 Å². The van der Waals surface area contributed by atoms with Crippen molar-refractivity contribution in [3.05, 3.63) is 106 Å². The molecule has 0 spiro atoms. The number of benzene rings is 4. The zero-order valence-electron chi connectivity index (χ0n) is 26.0. The second-order valence-electron chi connectivity index (χ2n) is 11.5. The van der Waals surface area contributed by atoms with Gasteiger partial charge in [-0.2, -0.15) is 13.1 Å². The molecule has 0 unspecified atom stereocenters. The molecule has 1 heterocycles. The molecule has 0 bridgehead atoms. The highest BCUT2D eigenvalue weighted by Gasteiger charge is 2.41. The second-order valence-corrected chi connectivity index (χ2v) is 15.9. The number of halogens is 1. The van der Waals surface area contributed by atoms with Crippen molar-refractivity contribution in [1.82, 2.24) is 14.9 Å². The molecule has 0 saturated carbocycles. The molecular weight excluding hydrogens is 753 g/mol. The summed E-state index contributed by atoms with van der Waals surface area (Å²) < 4.78 is 60.1. The quantitative estimate of drug-likeness (QED) is 0.0743. The summed E-state index contributed by atoms with van der Waals surface area (Å²) in [6.45, 7) is 5.11. The van der Waals surface area contributed by atoms with Gasteiger partial charge in [-0.3, -0.25) is 14.8 Å². The Morgan fingerprint density at radius 3 is 2.23 bits per heavy atom. The lowest BCUT2D eigenvalue weighted by atomic mass is 9.87. The van der Waals surface area contributed by atoms with E-state index >= 15 is 0 Å². The summed E-state index contributed by atoms with van der Waals surface area (Å²) in [4.78, 5) is 15.6. The number of nitrogens with one attached hydrogen (secondary N) is 3. The number of carbonyl (C=O) groups is 1. The molecule has 0 aromatic heterocycles. The summed E-state index contributed by atoms with van der Waals surface area (Å²) in [6.07, 6.45) is 1.77. The number of piperidine rings is 1. The minimum Gasteiger partial charge on any atom is -0.370 e. The van der Waals surface area contributed by atoms with Crippen LogP contribution in [-0.2, 0) is 30.5 Å². The van der Waals surface area contributed by atoms with E-state index in [1.807, 2.05) is 43.3 Å². The van der Waals surface area contributed by atoms with Gasteiger partial charge >= 0.3 is 0 Å². The standard InChI is InChI=1S/C26H30IN5O3S.C7H8O3S/c1-26(23-10-4-8-19-7-2-3-9-22(19)23,31-36(34,35)21-13-11-20(27)12-14-21)24(33)30-16-18-6-5-15-32(17-18)25(28)29;1-6-2-4-7(5-3-6)11(8,9)10/h2-4,7-14,18,31H,5-6,15-17H2,1H3,(H3,28,29)(H,30,33);2-5H,1H3,(H,8,9,10)/t18-,26+;/m0./s1. The summed E-state index contributed by atoms with van der Waals surface area (Å²) in [7, 11) is -8.05. The average molecular weight is 792 g/mol. The van der Waals surface area contributed by atoms with Gasteiger partial charge in [-0.05, 0) is 108 Å². The summed E-state index contributed by atoms with van der Waals surface area (Å²) in [5.74, 6) is -0.305. The van der Waals surface area contributed by atoms with Crippen molar-refractivity contribution in [3.8, 4) is 0 Å². The molecule has 1 aliphatic heterocycles. The van der Waals surface area contributed by atoms with Gasteiger partial charge in [0.1, 0.15) is 5.54 Å². The van der Waals surface area contributed by atoms with Crippen molar-refractivity contribution in [3.63, 3.8) is 0 Å². The number of nitrogens with two attached hydrogens (primary N) is 1. The van der Waals surface area contributed by atoms with Crippen LogP contribution >= 0.6 is 22.6 Å². The van der Waals surface area contributed by atoms with Gasteiger partial charge < -0.3 is 16.0 Å². The SMILES string of the molecule is C[C@](NS(=O)(=O)c1ccc(I)cc1)(C(=O)NC[C@@H]1CCCN(C(=N)N)C1)c1cccc2ccccc12.Cc1ccc(S(=O)(=O)O)cc1. The van der Waals surface area contributed by atoms with Crippen LogP contribution in [0.1, 0.15) is 30.9 Å². The Balaban J connectivity index is 0.000000385. The number of hydrogen-bond acceptors (Lipinski definition) is 6. The lowest BCUT2D eigenvalue weighted by molar-refractivity contribution is -0.126. The number of carbonyl (C=O) groups excluding carboxylic acids is 1. The highest BCUT2D eigenvalue weighted by atomic mass is 127. The molecule has 1 aliphatic rings.